The van der Waals surface area contributed by atoms with Crippen molar-refractivity contribution < 1.29 is 4.79 Å². The lowest BCUT2D eigenvalue weighted by Crippen LogP contribution is -1.92. The van der Waals surface area contributed by atoms with E-state index < -0.39 is 0 Å². The Morgan fingerprint density at radius 2 is 2.50 bits per heavy atom. The van der Waals surface area contributed by atoms with Gasteiger partial charge in [0.1, 0.15) is 0 Å². The zero-order chi connectivity index (χ0) is 6.41. The molecule has 0 aliphatic carbocycles. The molecule has 1 nitrogen and oxygen atoms in total. The minimum absolute atomic E-state index is 0.138. The van der Waals surface area contributed by atoms with Crippen LogP contribution < -0.4 is 0 Å². The van der Waals surface area contributed by atoms with Crippen LogP contribution in [0.15, 0.2) is 12.7 Å². The summed E-state index contributed by atoms with van der Waals surface area (Å²) >= 11 is 1.68. The molecule has 0 spiro atoms. The van der Waals surface area contributed by atoms with Gasteiger partial charge in [-0.3, -0.25) is 4.79 Å². The fourth-order valence-corrected chi connectivity index (χ4v) is 0.710. The number of hydrogen-bond donors (Lipinski definition) is 0. The Hall–Kier alpha value is -0.240. The standard InChI is InChI=1S/C6H10OS/c1-3-6(7)4-5-8-2/h3H,1,4-5H2,2H3. The molecule has 2 heteroatoms. The third kappa shape index (κ3) is 3.93. The predicted molar refractivity (Wildman–Crippen MR) is 38.2 cm³/mol. The molecule has 0 N–H and O–H groups in total. The number of carbonyl (C=O) groups excluding carboxylic acids is 1. The Bertz CT molecular complexity index is 88.5. The van der Waals surface area contributed by atoms with Gasteiger partial charge in [0.25, 0.3) is 0 Å². The van der Waals surface area contributed by atoms with Crippen LogP contribution >= 0.6 is 11.8 Å². The van der Waals surface area contributed by atoms with Crippen LogP contribution in [0.5, 0.6) is 0 Å². The van der Waals surface area contributed by atoms with Crippen molar-refractivity contribution >= 4 is 17.5 Å². The molecule has 0 atom stereocenters. The number of carbonyl (C=O) groups is 1. The van der Waals surface area contributed by atoms with Crippen molar-refractivity contribution in [3.05, 3.63) is 12.7 Å². The Balaban J connectivity index is 3.11. The second-order valence-corrected chi connectivity index (χ2v) is 2.40. The number of allylic oxidation sites excluding steroid dienone is 1. The van der Waals surface area contributed by atoms with Gasteiger partial charge in [-0.05, 0) is 12.3 Å². The van der Waals surface area contributed by atoms with Crippen molar-refractivity contribution in [3.8, 4) is 0 Å². The molecule has 0 aromatic heterocycles. The van der Waals surface area contributed by atoms with Crippen LogP contribution in [0.2, 0.25) is 0 Å². The van der Waals surface area contributed by atoms with Gasteiger partial charge in [-0.2, -0.15) is 11.8 Å². The molecular weight excluding hydrogens is 120 g/mol. The second kappa shape index (κ2) is 4.91. The first kappa shape index (κ1) is 7.76. The number of thioether (sulfide) groups is 1. The summed E-state index contributed by atoms with van der Waals surface area (Å²) < 4.78 is 0. The van der Waals surface area contributed by atoms with E-state index in [1.165, 1.54) is 6.08 Å². The highest BCUT2D eigenvalue weighted by Crippen LogP contribution is 1.95. The lowest BCUT2D eigenvalue weighted by Gasteiger charge is -1.88. The minimum atomic E-state index is 0.138. The summed E-state index contributed by atoms with van der Waals surface area (Å²) in [5.41, 5.74) is 0. The van der Waals surface area contributed by atoms with Crippen molar-refractivity contribution in [1.29, 1.82) is 0 Å². The van der Waals surface area contributed by atoms with E-state index in [0.717, 1.165) is 5.75 Å². The molecule has 0 amide bonds. The molecular formula is C6H10OS. The maximum absolute atomic E-state index is 10.4. The van der Waals surface area contributed by atoms with Crippen molar-refractivity contribution in [2.24, 2.45) is 0 Å². The molecule has 0 unspecified atom stereocenters. The topological polar surface area (TPSA) is 17.1 Å². The Kier molecular flexibility index (Phi) is 4.76. The Morgan fingerprint density at radius 1 is 1.88 bits per heavy atom. The van der Waals surface area contributed by atoms with E-state index in [9.17, 15) is 4.79 Å². The van der Waals surface area contributed by atoms with Crippen molar-refractivity contribution in [2.75, 3.05) is 12.0 Å². The third-order valence-corrected chi connectivity index (χ3v) is 1.39. The van der Waals surface area contributed by atoms with Crippen LogP contribution in [0.1, 0.15) is 6.42 Å². The van der Waals surface area contributed by atoms with Crippen LogP contribution in [0.4, 0.5) is 0 Å². The van der Waals surface area contributed by atoms with E-state index in [-0.39, 0.29) is 5.78 Å². The number of hydrogen-bond acceptors (Lipinski definition) is 2. The molecule has 0 aliphatic rings. The van der Waals surface area contributed by atoms with Gasteiger partial charge in [0, 0.05) is 12.2 Å². The van der Waals surface area contributed by atoms with Gasteiger partial charge >= 0.3 is 0 Å². The van der Waals surface area contributed by atoms with Crippen molar-refractivity contribution in [3.63, 3.8) is 0 Å². The maximum Gasteiger partial charge on any atom is 0.155 e. The summed E-state index contributed by atoms with van der Waals surface area (Å²) in [5, 5.41) is 0. The lowest BCUT2D eigenvalue weighted by molar-refractivity contribution is -0.114. The Morgan fingerprint density at radius 3 is 2.88 bits per heavy atom. The van der Waals surface area contributed by atoms with Crippen LogP contribution in [0.25, 0.3) is 0 Å². The highest BCUT2D eigenvalue weighted by Gasteiger charge is 1.90. The van der Waals surface area contributed by atoms with E-state index >= 15 is 0 Å². The van der Waals surface area contributed by atoms with Gasteiger partial charge < -0.3 is 0 Å². The van der Waals surface area contributed by atoms with Crippen LogP contribution in [0.3, 0.4) is 0 Å². The van der Waals surface area contributed by atoms with Gasteiger partial charge in [0.2, 0.25) is 0 Å². The molecule has 0 aromatic carbocycles. The highest BCUT2D eigenvalue weighted by atomic mass is 32.2. The first-order valence-corrected chi connectivity index (χ1v) is 3.85. The molecule has 0 aliphatic heterocycles. The molecule has 0 aromatic rings. The maximum atomic E-state index is 10.4. The van der Waals surface area contributed by atoms with Gasteiger partial charge in [0.05, 0.1) is 0 Å². The fourth-order valence-electron chi connectivity index (χ4n) is 0.305. The van der Waals surface area contributed by atoms with Crippen molar-refractivity contribution in [2.45, 2.75) is 6.42 Å². The van der Waals surface area contributed by atoms with E-state index in [1.54, 1.807) is 11.8 Å². The van der Waals surface area contributed by atoms with Crippen molar-refractivity contribution in [1.82, 2.24) is 0 Å². The fraction of sp³-hybridized carbons (Fsp3) is 0.500. The summed E-state index contributed by atoms with van der Waals surface area (Å²) in [5.74, 6) is 1.05. The SMILES string of the molecule is C=CC(=O)CCSC. The van der Waals surface area contributed by atoms with E-state index in [2.05, 4.69) is 6.58 Å². The molecule has 0 saturated carbocycles. The predicted octanol–water partition coefficient (Wildman–Crippen LogP) is 1.49. The Labute approximate surface area is 54.2 Å². The zero-order valence-electron chi connectivity index (χ0n) is 5.02. The second-order valence-electron chi connectivity index (χ2n) is 1.41. The van der Waals surface area contributed by atoms with Gasteiger partial charge in [-0.25, -0.2) is 0 Å². The summed E-state index contributed by atoms with van der Waals surface area (Å²) in [6, 6.07) is 0. The molecule has 0 saturated heterocycles. The molecule has 0 bridgehead atoms. The average molecular weight is 130 g/mol. The van der Waals surface area contributed by atoms with E-state index in [4.69, 9.17) is 0 Å². The number of rotatable bonds is 4. The first-order valence-electron chi connectivity index (χ1n) is 2.45. The van der Waals surface area contributed by atoms with Crippen LogP contribution in [0, 0.1) is 0 Å². The molecule has 0 heterocycles. The van der Waals surface area contributed by atoms with Gasteiger partial charge in [-0.1, -0.05) is 6.58 Å². The zero-order valence-corrected chi connectivity index (χ0v) is 5.83. The normalized spacial score (nSPS) is 8.62. The molecule has 46 valence electrons. The van der Waals surface area contributed by atoms with E-state index in [0.29, 0.717) is 6.42 Å². The van der Waals surface area contributed by atoms with Gasteiger partial charge in [0.15, 0.2) is 5.78 Å². The average Bonchev–Trinajstić information content (AvgIpc) is 1.83. The molecule has 0 rings (SSSR count). The molecule has 0 radical (unpaired) electrons. The monoisotopic (exact) mass is 130 g/mol. The first-order chi connectivity index (χ1) is 3.81. The summed E-state index contributed by atoms with van der Waals surface area (Å²) in [6.45, 7) is 3.35. The van der Waals surface area contributed by atoms with Crippen LogP contribution in [-0.4, -0.2) is 17.8 Å². The molecule has 8 heavy (non-hydrogen) atoms. The van der Waals surface area contributed by atoms with Crippen LogP contribution in [-0.2, 0) is 4.79 Å². The highest BCUT2D eigenvalue weighted by molar-refractivity contribution is 7.98. The minimum Gasteiger partial charge on any atom is -0.295 e. The summed E-state index contributed by atoms with van der Waals surface area (Å²) in [6.07, 6.45) is 3.98. The molecule has 0 fully saturated rings. The summed E-state index contributed by atoms with van der Waals surface area (Å²) in [4.78, 5) is 10.4. The lowest BCUT2D eigenvalue weighted by atomic mass is 10.3. The third-order valence-electron chi connectivity index (χ3n) is 0.780. The number of ketones is 1. The smallest absolute Gasteiger partial charge is 0.155 e. The van der Waals surface area contributed by atoms with Gasteiger partial charge in [-0.15, -0.1) is 0 Å². The quantitative estimate of drug-likeness (QED) is 0.536. The largest absolute Gasteiger partial charge is 0.295 e. The summed E-state index contributed by atoms with van der Waals surface area (Å²) in [7, 11) is 0. The van der Waals surface area contributed by atoms with E-state index in [1.807, 2.05) is 6.26 Å².